The van der Waals surface area contributed by atoms with E-state index in [9.17, 15) is 4.79 Å². The van der Waals surface area contributed by atoms with Crippen LogP contribution < -0.4 is 11.1 Å². The van der Waals surface area contributed by atoms with Crippen LogP contribution in [-0.2, 0) is 0 Å². The normalized spacial score (nSPS) is 16.1. The Balaban J connectivity index is 1.66. The molecule has 0 unspecified atom stereocenters. The number of amides is 1. The highest BCUT2D eigenvalue weighted by Crippen LogP contribution is 2.30. The van der Waals surface area contributed by atoms with Crippen molar-refractivity contribution >= 4 is 17.4 Å². The molecule has 1 aliphatic rings. The molecule has 1 fully saturated rings. The predicted molar refractivity (Wildman–Crippen MR) is 99.0 cm³/mol. The second kappa shape index (κ2) is 7.61. The number of aromatic nitrogens is 2. The van der Waals surface area contributed by atoms with Crippen molar-refractivity contribution in [2.75, 3.05) is 18.4 Å². The molecule has 1 saturated heterocycles. The van der Waals surface area contributed by atoms with Crippen molar-refractivity contribution in [2.45, 2.75) is 38.6 Å². The molecule has 0 radical (unpaired) electrons. The van der Waals surface area contributed by atoms with E-state index in [1.807, 2.05) is 12.1 Å². The molecule has 6 heteroatoms. The van der Waals surface area contributed by atoms with Crippen molar-refractivity contribution in [2.24, 2.45) is 5.73 Å². The van der Waals surface area contributed by atoms with Crippen molar-refractivity contribution in [3.05, 3.63) is 47.9 Å². The lowest BCUT2D eigenvalue weighted by Gasteiger charge is -2.34. The van der Waals surface area contributed by atoms with Crippen LogP contribution in [0.1, 0.15) is 48.7 Å². The predicted octanol–water partition coefficient (Wildman–Crippen LogP) is 2.91. The summed E-state index contributed by atoms with van der Waals surface area (Å²) in [7, 11) is 0. The highest BCUT2D eigenvalue weighted by Gasteiger charge is 2.22. The van der Waals surface area contributed by atoms with Gasteiger partial charge in [-0.1, -0.05) is 12.1 Å². The first-order valence-electron chi connectivity index (χ1n) is 8.76. The van der Waals surface area contributed by atoms with Gasteiger partial charge in [0.15, 0.2) is 11.5 Å². The van der Waals surface area contributed by atoms with Gasteiger partial charge in [-0.2, -0.15) is 0 Å². The maximum Gasteiger partial charge on any atom is 0.271 e. The van der Waals surface area contributed by atoms with Gasteiger partial charge in [-0.05, 0) is 63.4 Å². The average Bonchev–Trinajstić information content (AvgIpc) is 2.63. The van der Waals surface area contributed by atoms with Crippen LogP contribution >= 0.6 is 0 Å². The molecule has 132 valence electrons. The van der Waals surface area contributed by atoms with E-state index in [2.05, 4.69) is 46.2 Å². The molecular weight excluding hydrogens is 314 g/mol. The molecule has 3 rings (SSSR count). The Hall–Kier alpha value is -2.47. The monoisotopic (exact) mass is 339 g/mol. The largest absolute Gasteiger partial charge is 0.364 e. The number of carbonyl (C=O) groups excluding carboxylic acids is 1. The van der Waals surface area contributed by atoms with Crippen molar-refractivity contribution in [3.8, 4) is 0 Å². The zero-order valence-corrected chi connectivity index (χ0v) is 14.8. The molecule has 3 N–H and O–H groups in total. The second-order valence-electron chi connectivity index (χ2n) is 6.77. The number of carbonyl (C=O) groups is 1. The van der Waals surface area contributed by atoms with E-state index in [-0.39, 0.29) is 5.69 Å². The molecule has 0 atom stereocenters. The zero-order valence-electron chi connectivity index (χ0n) is 14.8. The van der Waals surface area contributed by atoms with Gasteiger partial charge in [-0.25, -0.2) is 9.97 Å². The molecule has 2 heterocycles. The van der Waals surface area contributed by atoms with E-state index in [1.165, 1.54) is 30.8 Å². The summed E-state index contributed by atoms with van der Waals surface area (Å²) in [5.74, 6) is 0.402. The highest BCUT2D eigenvalue weighted by atomic mass is 16.1. The first-order chi connectivity index (χ1) is 12.0. The highest BCUT2D eigenvalue weighted by molar-refractivity contribution is 5.96. The van der Waals surface area contributed by atoms with Gasteiger partial charge in [0.25, 0.3) is 5.91 Å². The number of anilines is 2. The van der Waals surface area contributed by atoms with E-state index >= 15 is 0 Å². The Labute approximate surface area is 148 Å². The van der Waals surface area contributed by atoms with Crippen LogP contribution in [0.2, 0.25) is 0 Å². The molecule has 1 aliphatic heterocycles. The van der Waals surface area contributed by atoms with Gasteiger partial charge >= 0.3 is 0 Å². The summed E-state index contributed by atoms with van der Waals surface area (Å²) in [4.78, 5) is 22.1. The Kier molecular flexibility index (Phi) is 5.28. The van der Waals surface area contributed by atoms with E-state index < -0.39 is 5.91 Å². The van der Waals surface area contributed by atoms with Gasteiger partial charge in [0.05, 0.1) is 0 Å². The smallest absolute Gasteiger partial charge is 0.271 e. The van der Waals surface area contributed by atoms with Crippen LogP contribution in [0.4, 0.5) is 11.5 Å². The van der Waals surface area contributed by atoms with Crippen molar-refractivity contribution < 1.29 is 4.79 Å². The topological polar surface area (TPSA) is 84.1 Å². The fourth-order valence-corrected chi connectivity index (χ4v) is 3.33. The van der Waals surface area contributed by atoms with Gasteiger partial charge < -0.3 is 16.0 Å². The first-order valence-corrected chi connectivity index (χ1v) is 8.76. The molecule has 2 aromatic rings. The third-order valence-electron chi connectivity index (χ3n) is 4.84. The molecule has 1 aromatic carbocycles. The summed E-state index contributed by atoms with van der Waals surface area (Å²) in [6, 6.07) is 8.96. The maximum atomic E-state index is 11.4. The number of likely N-dealkylation sites (tertiary alicyclic amines) is 1. The van der Waals surface area contributed by atoms with Crippen LogP contribution in [0.25, 0.3) is 0 Å². The molecule has 0 saturated carbocycles. The Morgan fingerprint density at radius 2 is 1.80 bits per heavy atom. The third kappa shape index (κ3) is 4.14. The number of hydrogen-bond donors (Lipinski definition) is 2. The van der Waals surface area contributed by atoms with Gasteiger partial charge in [0.2, 0.25) is 0 Å². The lowest BCUT2D eigenvalue weighted by molar-refractivity contribution is 0.0996. The quantitative estimate of drug-likeness (QED) is 0.875. The number of primary amides is 1. The van der Waals surface area contributed by atoms with Gasteiger partial charge in [-0.15, -0.1) is 0 Å². The second-order valence-corrected chi connectivity index (χ2v) is 6.77. The van der Waals surface area contributed by atoms with Crippen LogP contribution in [-0.4, -0.2) is 39.9 Å². The van der Waals surface area contributed by atoms with Crippen molar-refractivity contribution in [1.82, 2.24) is 14.9 Å². The van der Waals surface area contributed by atoms with Gasteiger partial charge in [-0.3, -0.25) is 4.79 Å². The molecule has 6 nitrogen and oxygen atoms in total. The van der Waals surface area contributed by atoms with Crippen LogP contribution in [0, 0.1) is 0 Å². The summed E-state index contributed by atoms with van der Waals surface area (Å²) >= 11 is 0. The van der Waals surface area contributed by atoms with Crippen LogP contribution in [0.15, 0.2) is 36.7 Å². The summed E-state index contributed by atoms with van der Waals surface area (Å²) in [6.07, 6.45) is 5.38. The molecule has 1 aromatic heterocycles. The minimum Gasteiger partial charge on any atom is -0.364 e. The minimum atomic E-state index is -0.593. The fraction of sp³-hybridized carbons (Fsp3) is 0.421. The number of piperidine rings is 1. The lowest BCUT2D eigenvalue weighted by atomic mass is 9.89. The standard InChI is InChI=1S/C19H25N5O/c1-13(2)24-11-7-15(8-12-24)14-3-5-16(6-4-14)23-19-17(18(20)25)21-9-10-22-19/h3-6,9-10,13,15H,7-8,11-12H2,1-2H3,(H2,20,25)(H,22,23). The number of hydrogen-bond acceptors (Lipinski definition) is 5. The lowest BCUT2D eigenvalue weighted by Crippen LogP contribution is -2.37. The van der Waals surface area contributed by atoms with Crippen molar-refractivity contribution in [3.63, 3.8) is 0 Å². The summed E-state index contributed by atoms with van der Waals surface area (Å²) < 4.78 is 0. The maximum absolute atomic E-state index is 11.4. The Morgan fingerprint density at radius 1 is 1.16 bits per heavy atom. The Bertz CT molecular complexity index is 721. The molecule has 0 aliphatic carbocycles. The van der Waals surface area contributed by atoms with Gasteiger partial charge in [0, 0.05) is 24.1 Å². The molecule has 25 heavy (non-hydrogen) atoms. The van der Waals surface area contributed by atoms with E-state index in [0.717, 1.165) is 18.8 Å². The summed E-state index contributed by atoms with van der Waals surface area (Å²) in [5.41, 5.74) is 7.71. The number of nitrogens with two attached hydrogens (primary N) is 1. The molecule has 1 amide bonds. The molecule has 0 spiro atoms. The van der Waals surface area contributed by atoms with E-state index in [0.29, 0.717) is 17.8 Å². The van der Waals surface area contributed by atoms with Crippen molar-refractivity contribution in [1.29, 1.82) is 0 Å². The molecule has 0 bridgehead atoms. The van der Waals surface area contributed by atoms with E-state index in [1.54, 1.807) is 0 Å². The number of benzene rings is 1. The Morgan fingerprint density at radius 3 is 2.40 bits per heavy atom. The SMILES string of the molecule is CC(C)N1CCC(c2ccc(Nc3nccnc3C(N)=O)cc2)CC1. The van der Waals surface area contributed by atoms with E-state index in [4.69, 9.17) is 5.73 Å². The number of nitrogens with zero attached hydrogens (tertiary/aromatic N) is 3. The number of rotatable bonds is 5. The van der Waals surface area contributed by atoms with Crippen LogP contribution in [0.3, 0.4) is 0 Å². The molecular formula is C19H25N5O. The van der Waals surface area contributed by atoms with Gasteiger partial charge in [0.1, 0.15) is 0 Å². The average molecular weight is 339 g/mol. The minimum absolute atomic E-state index is 0.146. The third-order valence-corrected chi connectivity index (χ3v) is 4.84. The summed E-state index contributed by atoms with van der Waals surface area (Å²) in [6.45, 7) is 6.83. The zero-order chi connectivity index (χ0) is 17.8. The fourth-order valence-electron chi connectivity index (χ4n) is 3.33. The number of nitrogens with one attached hydrogen (secondary N) is 1. The first kappa shape index (κ1) is 17.4. The van der Waals surface area contributed by atoms with Crippen LogP contribution in [0.5, 0.6) is 0 Å². The summed E-state index contributed by atoms with van der Waals surface area (Å²) in [5, 5.41) is 3.12.